The maximum Gasteiger partial charge on any atom is 0.0540 e. The number of anilines is 6. The second-order valence-corrected chi connectivity index (χ2v) is 17.7. The van der Waals surface area contributed by atoms with Crippen molar-refractivity contribution in [3.8, 4) is 44.5 Å². The number of hydrogen-bond donors (Lipinski definition) is 0. The normalized spacial score (nSPS) is 11.4. The molecule has 322 valence electrons. The van der Waals surface area contributed by atoms with Gasteiger partial charge in [0.2, 0.25) is 0 Å². The molecule has 0 bridgehead atoms. The van der Waals surface area contributed by atoms with Gasteiger partial charge in [0.1, 0.15) is 0 Å². The first kappa shape index (κ1) is 40.8. The maximum atomic E-state index is 2.49. The lowest BCUT2D eigenvalue weighted by atomic mass is 9.91. The molecule has 12 rings (SSSR count). The van der Waals surface area contributed by atoms with Crippen molar-refractivity contribution in [3.05, 3.63) is 266 Å². The van der Waals surface area contributed by atoms with Crippen LogP contribution in [-0.2, 0) is 0 Å². The predicted molar refractivity (Wildman–Crippen MR) is 291 cm³/mol. The van der Waals surface area contributed by atoms with Crippen molar-refractivity contribution in [2.24, 2.45) is 0 Å². The molecule has 0 heterocycles. The van der Waals surface area contributed by atoms with Gasteiger partial charge in [-0.15, -0.1) is 0 Å². The smallest absolute Gasteiger partial charge is 0.0540 e. The predicted octanol–water partition coefficient (Wildman–Crippen LogP) is 18.8. The van der Waals surface area contributed by atoms with Crippen molar-refractivity contribution in [2.45, 2.75) is 13.8 Å². The molecule has 0 aliphatic carbocycles. The van der Waals surface area contributed by atoms with Crippen LogP contribution in [-0.4, -0.2) is 0 Å². The highest BCUT2D eigenvalue weighted by Crippen LogP contribution is 2.50. The van der Waals surface area contributed by atoms with Crippen LogP contribution < -0.4 is 9.80 Å². The second kappa shape index (κ2) is 17.3. The van der Waals surface area contributed by atoms with Gasteiger partial charge in [-0.3, -0.25) is 0 Å². The van der Waals surface area contributed by atoms with Gasteiger partial charge in [-0.2, -0.15) is 0 Å². The van der Waals surface area contributed by atoms with Crippen molar-refractivity contribution in [1.82, 2.24) is 0 Å². The van der Waals surface area contributed by atoms with Gasteiger partial charge in [-0.05, 0) is 140 Å². The summed E-state index contributed by atoms with van der Waals surface area (Å²) < 4.78 is 0. The lowest BCUT2D eigenvalue weighted by molar-refractivity contribution is 1.26. The van der Waals surface area contributed by atoms with Gasteiger partial charge < -0.3 is 9.80 Å². The molecular formula is C66H48N2. The van der Waals surface area contributed by atoms with E-state index in [-0.39, 0.29) is 0 Å². The van der Waals surface area contributed by atoms with Gasteiger partial charge in [0.05, 0.1) is 11.4 Å². The molecule has 12 aromatic carbocycles. The summed E-state index contributed by atoms with van der Waals surface area (Å²) in [5.41, 5.74) is 18.8. The Morgan fingerprint density at radius 2 is 0.588 bits per heavy atom. The van der Waals surface area contributed by atoms with Crippen molar-refractivity contribution in [1.29, 1.82) is 0 Å². The van der Waals surface area contributed by atoms with Gasteiger partial charge in [0.15, 0.2) is 0 Å². The molecule has 0 saturated carbocycles. The summed E-state index contributed by atoms with van der Waals surface area (Å²) in [4.78, 5) is 4.97. The highest BCUT2D eigenvalue weighted by molar-refractivity contribution is 6.28. The fraction of sp³-hybridized carbons (Fsp3) is 0.0303. The summed E-state index contributed by atoms with van der Waals surface area (Å²) in [6.07, 6.45) is 0. The van der Waals surface area contributed by atoms with Crippen LogP contribution in [0.25, 0.3) is 76.8 Å². The SMILES string of the molecule is Cc1c(-c2ccccc2)cccc1N(c1cccc(-c2ccccc2)c1)c1ccc2ccc3c(N(c4cccc(-c5ccccc5)c4)c4cccc(-c5ccccc5)c4C)ccc4ccc1c2c43. The zero-order valence-electron chi connectivity index (χ0n) is 38.1. The van der Waals surface area contributed by atoms with Gasteiger partial charge in [0, 0.05) is 33.5 Å². The second-order valence-electron chi connectivity index (χ2n) is 17.7. The Morgan fingerprint density at radius 1 is 0.250 bits per heavy atom. The minimum absolute atomic E-state index is 1.11. The number of rotatable bonds is 10. The lowest BCUT2D eigenvalue weighted by Crippen LogP contribution is -2.13. The average Bonchev–Trinajstić information content (AvgIpc) is 3.41. The summed E-state index contributed by atoms with van der Waals surface area (Å²) >= 11 is 0. The Morgan fingerprint density at radius 3 is 0.985 bits per heavy atom. The number of benzene rings is 12. The quantitative estimate of drug-likeness (QED) is 0.126. The molecule has 0 atom stereocenters. The van der Waals surface area contributed by atoms with E-state index in [1.54, 1.807) is 0 Å². The summed E-state index contributed by atoms with van der Waals surface area (Å²) in [5.74, 6) is 0. The molecule has 0 aliphatic heterocycles. The Labute approximate surface area is 398 Å². The molecule has 0 unspecified atom stereocenters. The van der Waals surface area contributed by atoms with E-state index < -0.39 is 0 Å². The third-order valence-corrected chi connectivity index (χ3v) is 13.8. The first-order chi connectivity index (χ1) is 33.6. The highest BCUT2D eigenvalue weighted by atomic mass is 15.2. The van der Waals surface area contributed by atoms with Gasteiger partial charge in [-0.1, -0.05) is 206 Å². The van der Waals surface area contributed by atoms with Crippen LogP contribution in [0, 0.1) is 13.8 Å². The van der Waals surface area contributed by atoms with E-state index in [1.807, 2.05) is 0 Å². The summed E-state index contributed by atoms with van der Waals surface area (Å²) in [7, 11) is 0. The third kappa shape index (κ3) is 7.15. The average molecular weight is 869 g/mol. The molecule has 0 fully saturated rings. The Kier molecular flexibility index (Phi) is 10.3. The Balaban J connectivity index is 1.10. The van der Waals surface area contributed by atoms with Crippen LogP contribution in [0.3, 0.4) is 0 Å². The molecule has 0 amide bonds. The molecule has 0 saturated heterocycles. The van der Waals surface area contributed by atoms with Crippen LogP contribution in [0.4, 0.5) is 34.1 Å². The van der Waals surface area contributed by atoms with E-state index >= 15 is 0 Å². The third-order valence-electron chi connectivity index (χ3n) is 13.8. The number of nitrogens with zero attached hydrogens (tertiary/aromatic N) is 2. The zero-order chi connectivity index (χ0) is 45.6. The highest BCUT2D eigenvalue weighted by Gasteiger charge is 2.25. The Bertz CT molecular complexity index is 3500. The van der Waals surface area contributed by atoms with Crippen molar-refractivity contribution in [3.63, 3.8) is 0 Å². The summed E-state index contributed by atoms with van der Waals surface area (Å²) in [6, 6.07) is 93.0. The van der Waals surface area contributed by atoms with Crippen LogP contribution >= 0.6 is 0 Å². The van der Waals surface area contributed by atoms with Crippen LogP contribution in [0.2, 0.25) is 0 Å². The van der Waals surface area contributed by atoms with Crippen molar-refractivity contribution >= 4 is 66.4 Å². The van der Waals surface area contributed by atoms with Crippen molar-refractivity contribution in [2.75, 3.05) is 9.80 Å². The summed E-state index contributed by atoms with van der Waals surface area (Å²) in [6.45, 7) is 4.54. The zero-order valence-corrected chi connectivity index (χ0v) is 38.1. The first-order valence-corrected chi connectivity index (χ1v) is 23.5. The molecule has 2 heteroatoms. The Hall–Kier alpha value is -8.72. The van der Waals surface area contributed by atoms with E-state index in [2.05, 4.69) is 278 Å². The van der Waals surface area contributed by atoms with Crippen molar-refractivity contribution < 1.29 is 0 Å². The molecule has 0 radical (unpaired) electrons. The molecule has 68 heavy (non-hydrogen) atoms. The van der Waals surface area contributed by atoms with Crippen LogP contribution in [0.5, 0.6) is 0 Å². The van der Waals surface area contributed by atoms with Gasteiger partial charge >= 0.3 is 0 Å². The van der Waals surface area contributed by atoms with Gasteiger partial charge in [-0.25, -0.2) is 0 Å². The number of hydrogen-bond acceptors (Lipinski definition) is 2. The van der Waals surface area contributed by atoms with E-state index in [4.69, 9.17) is 0 Å². The monoisotopic (exact) mass is 868 g/mol. The molecule has 2 nitrogen and oxygen atoms in total. The maximum absolute atomic E-state index is 2.49. The molecule has 0 aromatic heterocycles. The minimum atomic E-state index is 1.11. The van der Waals surface area contributed by atoms with Crippen LogP contribution in [0.1, 0.15) is 11.1 Å². The molecular weight excluding hydrogens is 821 g/mol. The fourth-order valence-electron chi connectivity index (χ4n) is 10.5. The first-order valence-electron chi connectivity index (χ1n) is 23.5. The van der Waals surface area contributed by atoms with E-state index in [0.29, 0.717) is 0 Å². The molecule has 12 aromatic rings. The van der Waals surface area contributed by atoms with E-state index in [0.717, 1.165) is 34.1 Å². The fourth-order valence-corrected chi connectivity index (χ4v) is 10.5. The van der Waals surface area contributed by atoms with E-state index in [9.17, 15) is 0 Å². The molecule has 0 aliphatic rings. The standard InChI is InChI=1S/C66H48N2/c1-45-57(49-23-11-5-12-24-49)31-17-33-61(45)67(55-29-15-27-53(43-55)47-19-7-3-8-20-47)63-41-37-51-36-40-60-64(42-38-52-35-39-59(63)65(51)66(52)60)68(56-30-16-28-54(44-56)48-21-9-4-10-22-48)62-34-18-32-58(46(62)2)50-25-13-6-14-26-50/h3-44H,1-2H3. The summed E-state index contributed by atoms with van der Waals surface area (Å²) in [5, 5.41) is 7.35. The van der Waals surface area contributed by atoms with Crippen LogP contribution in [0.15, 0.2) is 255 Å². The minimum Gasteiger partial charge on any atom is -0.310 e. The lowest BCUT2D eigenvalue weighted by Gasteiger charge is -2.31. The van der Waals surface area contributed by atoms with E-state index in [1.165, 1.54) is 88.0 Å². The molecule has 0 N–H and O–H groups in total. The largest absolute Gasteiger partial charge is 0.310 e. The molecule has 0 spiro atoms. The van der Waals surface area contributed by atoms with Gasteiger partial charge in [0.25, 0.3) is 0 Å². The topological polar surface area (TPSA) is 6.48 Å².